The number of H-pyrrole nitrogens is 1. The van der Waals surface area contributed by atoms with Gasteiger partial charge in [0.05, 0.1) is 0 Å². The number of aromatic amines is 1. The summed E-state index contributed by atoms with van der Waals surface area (Å²) in [4.78, 5) is 11.6. The predicted octanol–water partition coefficient (Wildman–Crippen LogP) is 2.29. The molecule has 0 unspecified atom stereocenters. The minimum atomic E-state index is -0.278. The van der Waals surface area contributed by atoms with Crippen molar-refractivity contribution in [1.29, 1.82) is 0 Å². The Morgan fingerprint density at radius 1 is 1.33 bits per heavy atom. The minimum Gasteiger partial charge on any atom is -0.458 e. The smallest absolute Gasteiger partial charge is 0.356 e. The largest absolute Gasteiger partial charge is 0.458 e. The zero-order valence-corrected chi connectivity index (χ0v) is 8.74. The molecule has 0 amide bonds. The van der Waals surface area contributed by atoms with Crippen molar-refractivity contribution in [2.45, 2.75) is 44.6 Å². The molecule has 2 rings (SSSR count). The molecule has 1 heterocycles. The van der Waals surface area contributed by atoms with E-state index in [1.165, 1.54) is 25.7 Å². The summed E-state index contributed by atoms with van der Waals surface area (Å²) < 4.78 is 5.41. The third-order valence-corrected chi connectivity index (χ3v) is 2.80. The molecule has 0 radical (unpaired) electrons. The molecule has 15 heavy (non-hydrogen) atoms. The fourth-order valence-corrected chi connectivity index (χ4v) is 1.94. The number of ether oxygens (including phenoxy) is 1. The van der Waals surface area contributed by atoms with Gasteiger partial charge >= 0.3 is 5.97 Å². The zero-order valence-electron chi connectivity index (χ0n) is 8.74. The summed E-state index contributed by atoms with van der Waals surface area (Å²) in [7, 11) is 0. The molecule has 1 aliphatic carbocycles. The summed E-state index contributed by atoms with van der Waals surface area (Å²) in [5.41, 5.74) is 0.444. The van der Waals surface area contributed by atoms with E-state index in [0.29, 0.717) is 5.69 Å². The summed E-state index contributed by atoms with van der Waals surface area (Å²) in [6.45, 7) is 0. The van der Waals surface area contributed by atoms with Crippen LogP contribution in [0.3, 0.4) is 0 Å². The molecule has 0 aliphatic heterocycles. The van der Waals surface area contributed by atoms with Crippen LogP contribution in [-0.2, 0) is 4.74 Å². The lowest BCUT2D eigenvalue weighted by molar-refractivity contribution is 0.0260. The maximum atomic E-state index is 11.6. The summed E-state index contributed by atoms with van der Waals surface area (Å²) in [6, 6.07) is 1.64. The average Bonchev–Trinajstić information content (AvgIpc) is 2.65. The lowest BCUT2D eigenvalue weighted by Crippen LogP contribution is -2.17. The van der Waals surface area contributed by atoms with E-state index >= 15 is 0 Å². The van der Waals surface area contributed by atoms with Crippen molar-refractivity contribution in [2.75, 3.05) is 0 Å². The molecule has 1 saturated carbocycles. The molecular formula is C11H16N2O2. The first kappa shape index (κ1) is 10.2. The third kappa shape index (κ3) is 2.81. The Bertz CT molecular complexity index is 300. The van der Waals surface area contributed by atoms with Gasteiger partial charge in [-0.25, -0.2) is 4.79 Å². The van der Waals surface area contributed by atoms with E-state index in [2.05, 4.69) is 10.2 Å². The van der Waals surface area contributed by atoms with Crippen molar-refractivity contribution < 1.29 is 9.53 Å². The molecule has 0 saturated heterocycles. The van der Waals surface area contributed by atoms with Crippen LogP contribution in [0, 0.1) is 0 Å². The van der Waals surface area contributed by atoms with E-state index in [1.54, 1.807) is 12.3 Å². The van der Waals surface area contributed by atoms with Crippen LogP contribution in [0.25, 0.3) is 0 Å². The number of rotatable bonds is 2. The lowest BCUT2D eigenvalue weighted by atomic mass is 10.1. The molecule has 1 N–H and O–H groups in total. The summed E-state index contributed by atoms with van der Waals surface area (Å²) in [6.07, 6.45) is 8.52. The third-order valence-electron chi connectivity index (χ3n) is 2.80. The molecule has 1 aliphatic rings. The van der Waals surface area contributed by atoms with E-state index in [0.717, 1.165) is 12.8 Å². The van der Waals surface area contributed by atoms with Gasteiger partial charge in [-0.1, -0.05) is 12.8 Å². The summed E-state index contributed by atoms with van der Waals surface area (Å²) in [5, 5.41) is 6.35. The molecule has 4 heteroatoms. The highest BCUT2D eigenvalue weighted by Gasteiger charge is 2.18. The highest BCUT2D eigenvalue weighted by molar-refractivity contribution is 5.87. The van der Waals surface area contributed by atoms with Gasteiger partial charge < -0.3 is 4.74 Å². The van der Waals surface area contributed by atoms with Crippen molar-refractivity contribution >= 4 is 5.97 Å². The first-order valence-corrected chi connectivity index (χ1v) is 5.56. The summed E-state index contributed by atoms with van der Waals surface area (Å²) in [5.74, 6) is -0.278. The Balaban J connectivity index is 1.87. The number of nitrogens with one attached hydrogen (secondary N) is 1. The standard InChI is InChI=1S/C11H16N2O2/c14-11(10-7-8-12-13-10)15-9-5-3-1-2-4-6-9/h7-9H,1-6H2,(H,12,13). The maximum absolute atomic E-state index is 11.6. The Kier molecular flexibility index (Phi) is 3.37. The highest BCUT2D eigenvalue weighted by atomic mass is 16.5. The molecule has 1 fully saturated rings. The van der Waals surface area contributed by atoms with Crippen LogP contribution in [0.5, 0.6) is 0 Å². The molecule has 0 aromatic carbocycles. The SMILES string of the molecule is O=C(OC1CCCCCC1)c1ccn[nH]1. The molecule has 1 aromatic heterocycles. The van der Waals surface area contributed by atoms with Gasteiger partial charge in [-0.05, 0) is 31.7 Å². The van der Waals surface area contributed by atoms with Crippen molar-refractivity contribution in [2.24, 2.45) is 0 Å². The van der Waals surface area contributed by atoms with Crippen LogP contribution >= 0.6 is 0 Å². The number of hydrogen-bond acceptors (Lipinski definition) is 3. The average molecular weight is 208 g/mol. The number of esters is 1. The topological polar surface area (TPSA) is 55.0 Å². The van der Waals surface area contributed by atoms with Crippen molar-refractivity contribution in [1.82, 2.24) is 10.2 Å². The highest BCUT2D eigenvalue weighted by Crippen LogP contribution is 2.20. The van der Waals surface area contributed by atoms with Gasteiger partial charge in [0.15, 0.2) is 0 Å². The first-order valence-electron chi connectivity index (χ1n) is 5.56. The molecule has 1 aromatic rings. The second-order valence-electron chi connectivity index (χ2n) is 3.99. The van der Waals surface area contributed by atoms with Crippen LogP contribution in [0.15, 0.2) is 12.3 Å². The Morgan fingerprint density at radius 2 is 2.07 bits per heavy atom. The Morgan fingerprint density at radius 3 is 2.67 bits per heavy atom. The number of hydrogen-bond donors (Lipinski definition) is 1. The maximum Gasteiger partial charge on any atom is 0.356 e. The van der Waals surface area contributed by atoms with E-state index < -0.39 is 0 Å². The fraction of sp³-hybridized carbons (Fsp3) is 0.636. The van der Waals surface area contributed by atoms with Gasteiger partial charge in [0.2, 0.25) is 0 Å². The molecule has 0 spiro atoms. The molecule has 0 bridgehead atoms. The molecular weight excluding hydrogens is 192 g/mol. The minimum absolute atomic E-state index is 0.100. The second kappa shape index (κ2) is 4.96. The number of carbonyl (C=O) groups is 1. The number of nitrogens with zero attached hydrogens (tertiary/aromatic N) is 1. The van der Waals surface area contributed by atoms with Crippen LogP contribution in [-0.4, -0.2) is 22.3 Å². The molecule has 0 atom stereocenters. The van der Waals surface area contributed by atoms with Gasteiger partial charge in [-0.15, -0.1) is 0 Å². The van der Waals surface area contributed by atoms with Crippen LogP contribution in [0.1, 0.15) is 49.0 Å². The predicted molar refractivity (Wildman–Crippen MR) is 55.5 cm³/mol. The normalized spacial score (nSPS) is 18.4. The van der Waals surface area contributed by atoms with Crippen LogP contribution in [0.4, 0.5) is 0 Å². The van der Waals surface area contributed by atoms with Crippen LogP contribution < -0.4 is 0 Å². The van der Waals surface area contributed by atoms with Crippen molar-refractivity contribution in [3.63, 3.8) is 0 Å². The summed E-state index contributed by atoms with van der Waals surface area (Å²) >= 11 is 0. The van der Waals surface area contributed by atoms with E-state index in [4.69, 9.17) is 4.74 Å². The number of carbonyl (C=O) groups excluding carboxylic acids is 1. The van der Waals surface area contributed by atoms with Gasteiger partial charge in [-0.3, -0.25) is 5.10 Å². The molecule has 4 nitrogen and oxygen atoms in total. The second-order valence-corrected chi connectivity index (χ2v) is 3.99. The van der Waals surface area contributed by atoms with Crippen molar-refractivity contribution in [3.05, 3.63) is 18.0 Å². The van der Waals surface area contributed by atoms with Gasteiger partial charge in [0.25, 0.3) is 0 Å². The molecule has 82 valence electrons. The Labute approximate surface area is 89.0 Å². The zero-order chi connectivity index (χ0) is 10.5. The van der Waals surface area contributed by atoms with Crippen molar-refractivity contribution in [3.8, 4) is 0 Å². The Hall–Kier alpha value is -1.32. The van der Waals surface area contributed by atoms with Gasteiger partial charge in [0.1, 0.15) is 11.8 Å². The number of aromatic nitrogens is 2. The monoisotopic (exact) mass is 208 g/mol. The lowest BCUT2D eigenvalue weighted by Gasteiger charge is -2.14. The van der Waals surface area contributed by atoms with E-state index in [-0.39, 0.29) is 12.1 Å². The van der Waals surface area contributed by atoms with Crippen LogP contribution in [0.2, 0.25) is 0 Å². The van der Waals surface area contributed by atoms with E-state index in [9.17, 15) is 4.79 Å². The quantitative estimate of drug-likeness (QED) is 0.599. The first-order chi connectivity index (χ1) is 7.36. The fourth-order valence-electron chi connectivity index (χ4n) is 1.94. The van der Waals surface area contributed by atoms with Gasteiger partial charge in [-0.2, -0.15) is 5.10 Å². The van der Waals surface area contributed by atoms with Gasteiger partial charge in [0, 0.05) is 6.20 Å². The van der Waals surface area contributed by atoms with E-state index in [1.807, 2.05) is 0 Å².